The molecule has 0 amide bonds. The average Bonchev–Trinajstić information content (AvgIpc) is 2.34. The van der Waals surface area contributed by atoms with Gasteiger partial charge in [-0.15, -0.1) is 0 Å². The Hall–Kier alpha value is -2.02. The Kier molecular flexibility index (Phi) is 4.34. The van der Waals surface area contributed by atoms with Gasteiger partial charge >= 0.3 is 0 Å². The van der Waals surface area contributed by atoms with Gasteiger partial charge in [0, 0.05) is 18.4 Å². The zero-order valence-corrected chi connectivity index (χ0v) is 9.69. The second kappa shape index (κ2) is 5.76. The van der Waals surface area contributed by atoms with Gasteiger partial charge in [0.1, 0.15) is 0 Å². The van der Waals surface area contributed by atoms with Gasteiger partial charge in [0.25, 0.3) is 0 Å². The van der Waals surface area contributed by atoms with Crippen LogP contribution in [-0.4, -0.2) is 7.05 Å². The monoisotopic (exact) mass is 211 g/mol. The van der Waals surface area contributed by atoms with Gasteiger partial charge in [0.05, 0.1) is 0 Å². The van der Waals surface area contributed by atoms with Gasteiger partial charge in [0.2, 0.25) is 0 Å². The summed E-state index contributed by atoms with van der Waals surface area (Å²) in [5.41, 5.74) is 3.10. The fraction of sp³-hybridized carbons (Fsp3) is 0.0667. The lowest BCUT2D eigenvalue weighted by atomic mass is 10.1. The highest BCUT2D eigenvalue weighted by Crippen LogP contribution is 2.23. The SMILES string of the molecule is C=CC=CC(=C)N(C)c1ccccc1C=C. The summed E-state index contributed by atoms with van der Waals surface area (Å²) in [5.74, 6) is 0. The second-order valence-electron chi connectivity index (χ2n) is 3.41. The molecule has 1 rings (SSSR count). The van der Waals surface area contributed by atoms with Gasteiger partial charge in [-0.25, -0.2) is 0 Å². The third-order valence-corrected chi connectivity index (χ3v) is 2.37. The van der Waals surface area contributed by atoms with Crippen LogP contribution in [-0.2, 0) is 0 Å². The highest BCUT2D eigenvalue weighted by Gasteiger charge is 2.05. The predicted molar refractivity (Wildman–Crippen MR) is 73.4 cm³/mol. The van der Waals surface area contributed by atoms with Gasteiger partial charge in [-0.2, -0.15) is 0 Å². The molecule has 0 N–H and O–H groups in total. The molecule has 0 saturated heterocycles. The first-order valence-electron chi connectivity index (χ1n) is 5.14. The van der Waals surface area contributed by atoms with Crippen molar-refractivity contribution < 1.29 is 0 Å². The summed E-state index contributed by atoms with van der Waals surface area (Å²) in [4.78, 5) is 2.02. The molecule has 0 aliphatic rings. The van der Waals surface area contributed by atoms with E-state index in [1.165, 1.54) is 0 Å². The molecule has 82 valence electrons. The molecule has 0 radical (unpaired) electrons. The van der Waals surface area contributed by atoms with Crippen molar-refractivity contribution in [2.24, 2.45) is 0 Å². The lowest BCUT2D eigenvalue weighted by Crippen LogP contribution is -2.14. The molecule has 0 bridgehead atoms. The quantitative estimate of drug-likeness (QED) is 0.665. The Balaban J connectivity index is 2.99. The molecule has 0 aromatic heterocycles. The highest BCUT2D eigenvalue weighted by molar-refractivity contribution is 5.69. The number of benzene rings is 1. The van der Waals surface area contributed by atoms with Crippen LogP contribution in [0.4, 0.5) is 5.69 Å². The van der Waals surface area contributed by atoms with Crippen LogP contribution in [0.5, 0.6) is 0 Å². The predicted octanol–water partition coefficient (Wildman–Crippen LogP) is 4.02. The van der Waals surface area contributed by atoms with E-state index in [2.05, 4.69) is 19.7 Å². The number of allylic oxidation sites excluding steroid dienone is 3. The summed E-state index contributed by atoms with van der Waals surface area (Å²) in [6.07, 6.45) is 7.37. The minimum atomic E-state index is 0.911. The van der Waals surface area contributed by atoms with Crippen molar-refractivity contribution in [1.29, 1.82) is 0 Å². The summed E-state index contributed by atoms with van der Waals surface area (Å²) in [5, 5.41) is 0. The van der Waals surface area contributed by atoms with Gasteiger partial charge in [0.15, 0.2) is 0 Å². The van der Waals surface area contributed by atoms with Crippen LogP contribution in [0, 0.1) is 0 Å². The van der Waals surface area contributed by atoms with E-state index in [0.717, 1.165) is 16.9 Å². The van der Waals surface area contributed by atoms with Crippen molar-refractivity contribution in [3.05, 3.63) is 73.5 Å². The van der Waals surface area contributed by atoms with Crippen molar-refractivity contribution in [3.63, 3.8) is 0 Å². The Morgan fingerprint density at radius 1 is 1.25 bits per heavy atom. The molecule has 0 fully saturated rings. The first-order valence-corrected chi connectivity index (χ1v) is 5.14. The van der Waals surface area contributed by atoms with Crippen LogP contribution in [0.15, 0.2) is 67.9 Å². The standard InChI is InChI=1S/C15H17N/c1-5-7-10-13(3)16(4)15-12-9-8-11-14(15)6-2/h5-12H,1-3H2,4H3. The normalized spacial score (nSPS) is 10.1. The Morgan fingerprint density at radius 3 is 2.56 bits per heavy atom. The van der Waals surface area contributed by atoms with Crippen molar-refractivity contribution in [1.82, 2.24) is 0 Å². The van der Waals surface area contributed by atoms with E-state index in [9.17, 15) is 0 Å². The first kappa shape index (κ1) is 12.1. The molecular weight excluding hydrogens is 194 g/mol. The largest absolute Gasteiger partial charge is 0.345 e. The van der Waals surface area contributed by atoms with Crippen LogP contribution in [0.25, 0.3) is 6.08 Å². The first-order chi connectivity index (χ1) is 7.70. The molecule has 0 heterocycles. The maximum absolute atomic E-state index is 4.00. The molecule has 0 aliphatic heterocycles. The van der Waals surface area contributed by atoms with E-state index in [4.69, 9.17) is 0 Å². The molecule has 0 aliphatic carbocycles. The van der Waals surface area contributed by atoms with Crippen LogP contribution in [0.3, 0.4) is 0 Å². The number of rotatable bonds is 5. The van der Waals surface area contributed by atoms with E-state index in [1.54, 1.807) is 6.08 Å². The van der Waals surface area contributed by atoms with Crippen LogP contribution < -0.4 is 4.90 Å². The Morgan fingerprint density at radius 2 is 1.94 bits per heavy atom. The zero-order valence-electron chi connectivity index (χ0n) is 9.69. The molecule has 1 aromatic carbocycles. The van der Waals surface area contributed by atoms with Crippen molar-refractivity contribution in [2.75, 3.05) is 11.9 Å². The third kappa shape index (κ3) is 2.74. The molecular formula is C15H17N. The Labute approximate surface area is 97.7 Å². The van der Waals surface area contributed by atoms with Crippen molar-refractivity contribution in [3.8, 4) is 0 Å². The molecule has 1 nitrogen and oxygen atoms in total. The van der Waals surface area contributed by atoms with E-state index in [1.807, 2.05) is 54.4 Å². The van der Waals surface area contributed by atoms with Gasteiger partial charge < -0.3 is 4.90 Å². The smallest absolute Gasteiger partial charge is 0.0481 e. The summed E-state index contributed by atoms with van der Waals surface area (Å²) < 4.78 is 0. The van der Waals surface area contributed by atoms with E-state index in [0.29, 0.717) is 0 Å². The zero-order chi connectivity index (χ0) is 12.0. The molecule has 1 aromatic rings. The molecule has 16 heavy (non-hydrogen) atoms. The van der Waals surface area contributed by atoms with E-state index in [-0.39, 0.29) is 0 Å². The van der Waals surface area contributed by atoms with Crippen LogP contribution in [0.1, 0.15) is 5.56 Å². The number of para-hydroxylation sites is 1. The number of hydrogen-bond donors (Lipinski definition) is 0. The number of likely N-dealkylation sites (N-methyl/N-ethyl adjacent to an activating group) is 1. The maximum atomic E-state index is 4.00. The second-order valence-corrected chi connectivity index (χ2v) is 3.41. The minimum Gasteiger partial charge on any atom is -0.345 e. The third-order valence-electron chi connectivity index (χ3n) is 2.37. The summed E-state index contributed by atoms with van der Waals surface area (Å²) in [6.45, 7) is 11.4. The lowest BCUT2D eigenvalue weighted by Gasteiger charge is -2.21. The lowest BCUT2D eigenvalue weighted by molar-refractivity contribution is 1.14. The van der Waals surface area contributed by atoms with Gasteiger partial charge in [-0.3, -0.25) is 0 Å². The van der Waals surface area contributed by atoms with Crippen LogP contribution in [0.2, 0.25) is 0 Å². The van der Waals surface area contributed by atoms with Crippen LogP contribution >= 0.6 is 0 Å². The van der Waals surface area contributed by atoms with E-state index >= 15 is 0 Å². The minimum absolute atomic E-state index is 0.911. The average molecular weight is 211 g/mol. The number of nitrogens with zero attached hydrogens (tertiary/aromatic N) is 1. The Bertz CT molecular complexity index is 427. The summed E-state index contributed by atoms with van der Waals surface area (Å²) in [7, 11) is 1.98. The van der Waals surface area contributed by atoms with Gasteiger partial charge in [-0.05, 0) is 17.7 Å². The maximum Gasteiger partial charge on any atom is 0.0481 e. The van der Waals surface area contributed by atoms with E-state index < -0.39 is 0 Å². The molecule has 0 saturated carbocycles. The molecule has 0 atom stereocenters. The fourth-order valence-electron chi connectivity index (χ4n) is 1.41. The summed E-state index contributed by atoms with van der Waals surface area (Å²) >= 11 is 0. The number of anilines is 1. The van der Waals surface area contributed by atoms with Gasteiger partial charge in [-0.1, -0.05) is 56.2 Å². The topological polar surface area (TPSA) is 3.24 Å². The summed E-state index contributed by atoms with van der Waals surface area (Å²) in [6, 6.07) is 8.08. The molecule has 1 heteroatoms. The highest BCUT2D eigenvalue weighted by atomic mass is 15.1. The fourth-order valence-corrected chi connectivity index (χ4v) is 1.41. The molecule has 0 unspecified atom stereocenters. The number of hydrogen-bond acceptors (Lipinski definition) is 1. The van der Waals surface area contributed by atoms with Crippen molar-refractivity contribution in [2.45, 2.75) is 0 Å². The van der Waals surface area contributed by atoms with Crippen molar-refractivity contribution >= 4 is 11.8 Å². The molecule has 0 spiro atoms.